The highest BCUT2D eigenvalue weighted by molar-refractivity contribution is 5.68. The van der Waals surface area contributed by atoms with Crippen molar-refractivity contribution >= 4 is 6.09 Å². The van der Waals surface area contributed by atoms with Crippen LogP contribution < -0.4 is 5.32 Å². The summed E-state index contributed by atoms with van der Waals surface area (Å²) in [5.74, 6) is 0. The molecule has 2 rings (SSSR count). The van der Waals surface area contributed by atoms with Gasteiger partial charge in [-0.25, -0.2) is 4.79 Å². The average molecular weight is 326 g/mol. The lowest BCUT2D eigenvalue weighted by Crippen LogP contribution is -2.46. The van der Waals surface area contributed by atoms with E-state index in [0.717, 1.165) is 58.0 Å². The molecule has 1 aliphatic carbocycles. The van der Waals surface area contributed by atoms with Gasteiger partial charge in [0.05, 0.1) is 5.60 Å². The molecule has 1 saturated heterocycles. The van der Waals surface area contributed by atoms with Gasteiger partial charge in [0.1, 0.15) is 5.60 Å². The molecule has 1 heterocycles. The standard InChI is InChI=1S/C18H34N2O3/c1-17(2,3)23-16(21)20-12-7-8-15(9-13-20)19-14-18(22)10-5-4-6-11-18/h15,19,22H,4-14H2,1-3H3. The van der Waals surface area contributed by atoms with Gasteiger partial charge in [-0.1, -0.05) is 19.3 Å². The summed E-state index contributed by atoms with van der Waals surface area (Å²) in [5.41, 5.74) is -0.958. The fraction of sp³-hybridized carbons (Fsp3) is 0.944. The van der Waals surface area contributed by atoms with Gasteiger partial charge in [0, 0.05) is 25.7 Å². The molecule has 2 fully saturated rings. The smallest absolute Gasteiger partial charge is 0.410 e. The lowest BCUT2D eigenvalue weighted by Gasteiger charge is -2.33. The summed E-state index contributed by atoms with van der Waals surface area (Å²) in [7, 11) is 0. The summed E-state index contributed by atoms with van der Waals surface area (Å²) >= 11 is 0. The maximum absolute atomic E-state index is 12.2. The quantitative estimate of drug-likeness (QED) is 0.837. The Bertz CT molecular complexity index is 386. The number of ether oxygens (including phenoxy) is 1. The maximum atomic E-state index is 12.2. The molecule has 5 heteroatoms. The first kappa shape index (κ1) is 18.5. The molecule has 2 N–H and O–H groups in total. The second-order valence-electron chi connectivity index (χ2n) is 8.26. The number of nitrogens with zero attached hydrogens (tertiary/aromatic N) is 1. The predicted octanol–water partition coefficient (Wildman–Crippen LogP) is 3.06. The van der Waals surface area contributed by atoms with Crippen molar-refractivity contribution in [2.75, 3.05) is 19.6 Å². The number of amides is 1. The summed E-state index contributed by atoms with van der Waals surface area (Å²) < 4.78 is 5.47. The summed E-state index contributed by atoms with van der Waals surface area (Å²) in [4.78, 5) is 14.0. The van der Waals surface area contributed by atoms with Crippen LogP contribution in [0.3, 0.4) is 0 Å². The van der Waals surface area contributed by atoms with E-state index in [-0.39, 0.29) is 6.09 Å². The highest BCUT2D eigenvalue weighted by Crippen LogP contribution is 2.27. The van der Waals surface area contributed by atoms with Gasteiger partial charge in [-0.3, -0.25) is 0 Å². The number of rotatable bonds is 3. The Labute approximate surface area is 140 Å². The van der Waals surface area contributed by atoms with Crippen molar-refractivity contribution < 1.29 is 14.6 Å². The molecule has 1 amide bonds. The number of likely N-dealkylation sites (tertiary alicyclic amines) is 1. The molecule has 2 aliphatic rings. The molecule has 134 valence electrons. The molecular formula is C18H34N2O3. The predicted molar refractivity (Wildman–Crippen MR) is 91.5 cm³/mol. The van der Waals surface area contributed by atoms with Crippen molar-refractivity contribution in [2.24, 2.45) is 0 Å². The number of aliphatic hydroxyl groups is 1. The Morgan fingerprint density at radius 2 is 1.87 bits per heavy atom. The normalized spacial score (nSPS) is 25.7. The number of carbonyl (C=O) groups excluding carboxylic acids is 1. The first-order valence-corrected chi connectivity index (χ1v) is 9.21. The van der Waals surface area contributed by atoms with Gasteiger partial charge in [-0.2, -0.15) is 0 Å². The van der Waals surface area contributed by atoms with E-state index in [2.05, 4.69) is 5.32 Å². The van der Waals surface area contributed by atoms with Crippen LogP contribution in [0.15, 0.2) is 0 Å². The van der Waals surface area contributed by atoms with Gasteiger partial charge in [0.25, 0.3) is 0 Å². The van der Waals surface area contributed by atoms with E-state index in [4.69, 9.17) is 4.74 Å². The van der Waals surface area contributed by atoms with Crippen molar-refractivity contribution in [3.63, 3.8) is 0 Å². The third kappa shape index (κ3) is 6.30. The number of nitrogens with one attached hydrogen (secondary N) is 1. The van der Waals surface area contributed by atoms with E-state index in [1.54, 1.807) is 0 Å². The molecule has 0 radical (unpaired) electrons. The third-order valence-corrected chi connectivity index (χ3v) is 4.88. The molecule has 0 aromatic rings. The van der Waals surface area contributed by atoms with Crippen molar-refractivity contribution in [3.05, 3.63) is 0 Å². The van der Waals surface area contributed by atoms with Crippen LogP contribution in [0, 0.1) is 0 Å². The third-order valence-electron chi connectivity index (χ3n) is 4.88. The van der Waals surface area contributed by atoms with Crippen molar-refractivity contribution in [1.29, 1.82) is 0 Å². The summed E-state index contributed by atoms with van der Waals surface area (Å²) in [6.45, 7) is 7.88. The van der Waals surface area contributed by atoms with Crippen LogP contribution in [-0.2, 0) is 4.74 Å². The van der Waals surface area contributed by atoms with Gasteiger partial charge in [0.2, 0.25) is 0 Å². The maximum Gasteiger partial charge on any atom is 0.410 e. The Morgan fingerprint density at radius 1 is 1.17 bits per heavy atom. The summed E-state index contributed by atoms with van der Waals surface area (Å²) in [6.07, 6.45) is 8.10. The lowest BCUT2D eigenvalue weighted by atomic mass is 9.84. The Morgan fingerprint density at radius 3 is 2.52 bits per heavy atom. The van der Waals surface area contributed by atoms with Crippen molar-refractivity contribution in [1.82, 2.24) is 10.2 Å². The van der Waals surface area contributed by atoms with Crippen LogP contribution in [0.2, 0.25) is 0 Å². The van der Waals surface area contributed by atoms with Crippen molar-refractivity contribution in [3.8, 4) is 0 Å². The monoisotopic (exact) mass is 326 g/mol. The average Bonchev–Trinajstić information content (AvgIpc) is 2.70. The molecule has 1 aliphatic heterocycles. The number of hydrogen-bond donors (Lipinski definition) is 2. The zero-order valence-corrected chi connectivity index (χ0v) is 15.1. The minimum atomic E-state index is -0.518. The molecule has 0 bridgehead atoms. The van der Waals surface area contributed by atoms with Crippen LogP contribution in [0.1, 0.15) is 72.1 Å². The molecule has 23 heavy (non-hydrogen) atoms. The molecule has 0 spiro atoms. The molecule has 1 atom stereocenters. The highest BCUT2D eigenvalue weighted by Gasteiger charge is 2.30. The topological polar surface area (TPSA) is 61.8 Å². The van der Waals surface area contributed by atoms with Gasteiger partial charge in [-0.15, -0.1) is 0 Å². The zero-order valence-electron chi connectivity index (χ0n) is 15.1. The van der Waals surface area contributed by atoms with E-state index in [1.165, 1.54) is 6.42 Å². The lowest BCUT2D eigenvalue weighted by molar-refractivity contribution is 0.00206. The van der Waals surface area contributed by atoms with Gasteiger partial charge in [0.15, 0.2) is 0 Å². The van der Waals surface area contributed by atoms with E-state index < -0.39 is 11.2 Å². The van der Waals surface area contributed by atoms with E-state index in [1.807, 2.05) is 25.7 Å². The Balaban J connectivity index is 1.76. The van der Waals surface area contributed by atoms with E-state index in [0.29, 0.717) is 12.6 Å². The van der Waals surface area contributed by atoms with Crippen LogP contribution in [0.5, 0.6) is 0 Å². The van der Waals surface area contributed by atoms with Crippen LogP contribution in [0.4, 0.5) is 4.79 Å². The van der Waals surface area contributed by atoms with Gasteiger partial charge in [-0.05, 0) is 52.9 Å². The number of carbonyl (C=O) groups is 1. The van der Waals surface area contributed by atoms with Gasteiger partial charge >= 0.3 is 6.09 Å². The molecule has 5 nitrogen and oxygen atoms in total. The van der Waals surface area contributed by atoms with E-state index in [9.17, 15) is 9.90 Å². The SMILES string of the molecule is CC(C)(C)OC(=O)N1CCCC(NCC2(O)CCCCC2)CC1. The van der Waals surface area contributed by atoms with Crippen molar-refractivity contribution in [2.45, 2.75) is 89.4 Å². The summed E-state index contributed by atoms with van der Waals surface area (Å²) in [5, 5.41) is 14.1. The second kappa shape index (κ2) is 7.84. The fourth-order valence-corrected chi connectivity index (χ4v) is 3.53. The minimum Gasteiger partial charge on any atom is -0.444 e. The van der Waals surface area contributed by atoms with Gasteiger partial charge < -0.3 is 20.1 Å². The zero-order chi connectivity index (χ0) is 16.9. The molecule has 1 saturated carbocycles. The molecule has 0 aromatic heterocycles. The van der Waals surface area contributed by atoms with Crippen LogP contribution >= 0.6 is 0 Å². The fourth-order valence-electron chi connectivity index (χ4n) is 3.53. The molecular weight excluding hydrogens is 292 g/mol. The minimum absolute atomic E-state index is 0.205. The first-order valence-electron chi connectivity index (χ1n) is 9.21. The molecule has 1 unspecified atom stereocenters. The van der Waals surface area contributed by atoms with E-state index >= 15 is 0 Å². The largest absolute Gasteiger partial charge is 0.444 e. The summed E-state index contributed by atoms with van der Waals surface area (Å²) in [6, 6.07) is 0.383. The van der Waals surface area contributed by atoms with Crippen LogP contribution in [-0.4, -0.2) is 53.0 Å². The highest BCUT2D eigenvalue weighted by atomic mass is 16.6. The molecule has 0 aromatic carbocycles. The first-order chi connectivity index (χ1) is 10.8. The second-order valence-corrected chi connectivity index (χ2v) is 8.26. The Hall–Kier alpha value is -0.810. The Kier molecular flexibility index (Phi) is 6.32. The number of hydrogen-bond acceptors (Lipinski definition) is 4. The van der Waals surface area contributed by atoms with Crippen LogP contribution in [0.25, 0.3) is 0 Å².